The normalized spacial score (nSPS) is 15.1. The maximum Gasteiger partial charge on any atom is 0.254 e. The van der Waals surface area contributed by atoms with E-state index in [2.05, 4.69) is 21.8 Å². The molecule has 28 heavy (non-hydrogen) atoms. The number of carbonyl (C=O) groups excluding carboxylic acids is 1. The predicted octanol–water partition coefficient (Wildman–Crippen LogP) is 2.65. The van der Waals surface area contributed by atoms with Crippen molar-refractivity contribution in [3.8, 4) is 5.75 Å². The van der Waals surface area contributed by atoms with Crippen molar-refractivity contribution >= 4 is 16.9 Å². The van der Waals surface area contributed by atoms with Crippen LogP contribution in [0.25, 0.3) is 11.0 Å². The molecule has 0 spiro atoms. The van der Waals surface area contributed by atoms with Gasteiger partial charge >= 0.3 is 0 Å². The van der Waals surface area contributed by atoms with E-state index in [9.17, 15) is 4.79 Å². The number of benzene rings is 1. The average molecular weight is 382 g/mol. The molecule has 3 heterocycles. The first-order chi connectivity index (χ1) is 13.7. The van der Waals surface area contributed by atoms with Gasteiger partial charge in [-0.15, -0.1) is 0 Å². The number of hydrogen-bond acceptors (Lipinski definition) is 7. The Hall–Kier alpha value is -3.13. The molecule has 1 aliphatic rings. The Morgan fingerprint density at radius 3 is 2.82 bits per heavy atom. The predicted molar refractivity (Wildman–Crippen MR) is 102 cm³/mol. The lowest BCUT2D eigenvalue weighted by Gasteiger charge is -2.34. The monoisotopic (exact) mass is 382 g/mol. The molecule has 8 nitrogen and oxygen atoms in total. The zero-order valence-electron chi connectivity index (χ0n) is 15.8. The van der Waals surface area contributed by atoms with E-state index < -0.39 is 0 Å². The van der Waals surface area contributed by atoms with Crippen LogP contribution in [0.5, 0.6) is 5.75 Å². The van der Waals surface area contributed by atoms with Crippen LogP contribution in [0.4, 0.5) is 0 Å². The second-order valence-corrected chi connectivity index (χ2v) is 6.77. The van der Waals surface area contributed by atoms with Crippen LogP contribution in [-0.2, 0) is 6.54 Å². The Balaban J connectivity index is 1.45. The van der Waals surface area contributed by atoms with Crippen LogP contribution in [0.1, 0.15) is 21.7 Å². The molecule has 1 aliphatic heterocycles. The van der Waals surface area contributed by atoms with Gasteiger partial charge < -0.3 is 14.1 Å². The Kier molecular flexibility index (Phi) is 5.12. The molecule has 1 fully saturated rings. The van der Waals surface area contributed by atoms with Crippen LogP contribution in [-0.4, -0.2) is 58.8 Å². The van der Waals surface area contributed by atoms with E-state index in [0.29, 0.717) is 43.1 Å². The van der Waals surface area contributed by atoms with Crippen LogP contribution in [0.3, 0.4) is 0 Å². The Bertz CT molecular complexity index is 985. The maximum absolute atomic E-state index is 13.0. The summed E-state index contributed by atoms with van der Waals surface area (Å²) in [6.45, 7) is 9.40. The number of aryl methyl sites for hydroxylation is 1. The standard InChI is InChI=1S/C20H22N4O4/c1-3-9-26-18-11-15(12-19-16(18)4-10-27-19)20(25)24-7-5-23(6-8-24)13-17-14(2)21-28-22-17/h3-4,10-12H,1,5-9,13H2,2H3. The minimum atomic E-state index is -0.0271. The molecular formula is C20H22N4O4. The lowest BCUT2D eigenvalue weighted by atomic mass is 10.1. The van der Waals surface area contributed by atoms with E-state index in [1.165, 1.54) is 0 Å². The van der Waals surface area contributed by atoms with Crippen LogP contribution in [0.2, 0.25) is 0 Å². The Morgan fingerprint density at radius 2 is 2.11 bits per heavy atom. The molecule has 1 saturated heterocycles. The van der Waals surface area contributed by atoms with Crippen LogP contribution in [0.15, 0.2) is 46.2 Å². The van der Waals surface area contributed by atoms with Crippen molar-refractivity contribution in [3.63, 3.8) is 0 Å². The number of furan rings is 1. The molecule has 0 unspecified atom stereocenters. The first-order valence-corrected chi connectivity index (χ1v) is 9.20. The third kappa shape index (κ3) is 3.63. The van der Waals surface area contributed by atoms with E-state index in [0.717, 1.165) is 29.9 Å². The number of amides is 1. The second-order valence-electron chi connectivity index (χ2n) is 6.77. The summed E-state index contributed by atoms with van der Waals surface area (Å²) in [4.78, 5) is 17.1. The van der Waals surface area contributed by atoms with E-state index in [4.69, 9.17) is 13.8 Å². The van der Waals surface area contributed by atoms with Gasteiger partial charge in [-0.2, -0.15) is 0 Å². The smallest absolute Gasteiger partial charge is 0.254 e. The number of piperazine rings is 1. The molecule has 8 heteroatoms. The number of ether oxygens (including phenoxy) is 1. The van der Waals surface area contributed by atoms with Crippen molar-refractivity contribution in [2.45, 2.75) is 13.5 Å². The van der Waals surface area contributed by atoms with Gasteiger partial charge in [0.1, 0.15) is 29.3 Å². The minimum Gasteiger partial charge on any atom is -0.489 e. The van der Waals surface area contributed by atoms with Crippen LogP contribution < -0.4 is 4.74 Å². The van der Waals surface area contributed by atoms with E-state index >= 15 is 0 Å². The van der Waals surface area contributed by atoms with Gasteiger partial charge in [-0.3, -0.25) is 9.69 Å². The third-order valence-electron chi connectivity index (χ3n) is 4.92. The second kappa shape index (κ2) is 7.85. The van der Waals surface area contributed by atoms with Crippen molar-refractivity contribution in [1.82, 2.24) is 20.1 Å². The number of fused-ring (bicyclic) bond motifs is 1. The molecule has 3 aromatic rings. The number of rotatable bonds is 6. The summed E-state index contributed by atoms with van der Waals surface area (Å²) >= 11 is 0. The molecule has 0 aliphatic carbocycles. The van der Waals surface area contributed by atoms with Gasteiger partial charge in [0.15, 0.2) is 0 Å². The minimum absolute atomic E-state index is 0.0271. The third-order valence-corrected chi connectivity index (χ3v) is 4.92. The van der Waals surface area contributed by atoms with Gasteiger partial charge in [-0.05, 0) is 25.1 Å². The maximum atomic E-state index is 13.0. The zero-order valence-corrected chi connectivity index (χ0v) is 15.8. The Morgan fingerprint density at radius 1 is 1.29 bits per heavy atom. The molecule has 0 radical (unpaired) electrons. The lowest BCUT2D eigenvalue weighted by Crippen LogP contribution is -2.48. The SMILES string of the molecule is C=CCOc1cc(C(=O)N2CCN(Cc3nonc3C)CC2)cc2occc12. The summed E-state index contributed by atoms with van der Waals surface area (Å²) in [5, 5.41) is 8.59. The van der Waals surface area contributed by atoms with Gasteiger partial charge in [-0.1, -0.05) is 23.0 Å². The fourth-order valence-electron chi connectivity index (χ4n) is 3.33. The van der Waals surface area contributed by atoms with Crippen molar-refractivity contribution < 1.29 is 18.6 Å². The Labute approximate surface area is 162 Å². The summed E-state index contributed by atoms with van der Waals surface area (Å²) in [5.41, 5.74) is 2.84. The number of hydrogen-bond donors (Lipinski definition) is 0. The first-order valence-electron chi connectivity index (χ1n) is 9.20. The highest BCUT2D eigenvalue weighted by Crippen LogP contribution is 2.29. The molecule has 1 aromatic carbocycles. The van der Waals surface area contributed by atoms with E-state index in [1.807, 2.05) is 17.9 Å². The van der Waals surface area contributed by atoms with Gasteiger partial charge in [0, 0.05) is 38.3 Å². The highest BCUT2D eigenvalue weighted by Gasteiger charge is 2.24. The summed E-state index contributed by atoms with van der Waals surface area (Å²) in [5.74, 6) is 0.600. The first kappa shape index (κ1) is 18.2. The fourth-order valence-corrected chi connectivity index (χ4v) is 3.33. The molecule has 4 rings (SSSR count). The molecule has 2 aromatic heterocycles. The zero-order chi connectivity index (χ0) is 19.5. The molecule has 0 N–H and O–H groups in total. The van der Waals surface area contributed by atoms with Crippen LogP contribution in [0, 0.1) is 6.92 Å². The van der Waals surface area contributed by atoms with Crippen molar-refractivity contribution in [2.24, 2.45) is 0 Å². The molecule has 0 atom stereocenters. The lowest BCUT2D eigenvalue weighted by molar-refractivity contribution is 0.0625. The largest absolute Gasteiger partial charge is 0.489 e. The van der Waals surface area contributed by atoms with Gasteiger partial charge in [-0.25, -0.2) is 4.63 Å². The number of aromatic nitrogens is 2. The molecular weight excluding hydrogens is 360 g/mol. The quantitative estimate of drug-likeness (QED) is 0.606. The molecule has 146 valence electrons. The highest BCUT2D eigenvalue weighted by molar-refractivity contribution is 5.99. The van der Waals surface area contributed by atoms with Crippen molar-refractivity contribution in [2.75, 3.05) is 32.8 Å². The van der Waals surface area contributed by atoms with Gasteiger partial charge in [0.2, 0.25) is 0 Å². The van der Waals surface area contributed by atoms with E-state index in [1.54, 1.807) is 24.5 Å². The van der Waals surface area contributed by atoms with Gasteiger partial charge in [0.05, 0.1) is 11.6 Å². The van der Waals surface area contributed by atoms with Crippen molar-refractivity contribution in [3.05, 3.63) is 54.1 Å². The van der Waals surface area contributed by atoms with Crippen molar-refractivity contribution in [1.29, 1.82) is 0 Å². The molecule has 1 amide bonds. The number of carbonyl (C=O) groups is 1. The summed E-state index contributed by atoms with van der Waals surface area (Å²) < 4.78 is 16.0. The molecule has 0 saturated carbocycles. The average Bonchev–Trinajstić information content (AvgIpc) is 3.35. The highest BCUT2D eigenvalue weighted by atomic mass is 16.6. The van der Waals surface area contributed by atoms with Gasteiger partial charge in [0.25, 0.3) is 5.91 Å². The van der Waals surface area contributed by atoms with E-state index in [-0.39, 0.29) is 5.91 Å². The summed E-state index contributed by atoms with van der Waals surface area (Å²) in [6.07, 6.45) is 3.27. The molecule has 0 bridgehead atoms. The topological polar surface area (TPSA) is 84.8 Å². The fraction of sp³-hybridized carbons (Fsp3) is 0.350. The summed E-state index contributed by atoms with van der Waals surface area (Å²) in [6, 6.07) is 5.39. The van der Waals surface area contributed by atoms with Crippen LogP contribution >= 0.6 is 0 Å². The number of nitrogens with zero attached hydrogens (tertiary/aromatic N) is 4. The summed E-state index contributed by atoms with van der Waals surface area (Å²) in [7, 11) is 0.